The Labute approximate surface area is 139 Å². The molecule has 0 aliphatic heterocycles. The van der Waals surface area contributed by atoms with Gasteiger partial charge in [0.15, 0.2) is 9.84 Å². The van der Waals surface area contributed by atoms with Crippen molar-refractivity contribution in [3.05, 3.63) is 35.0 Å². The lowest BCUT2D eigenvalue weighted by atomic mass is 10.0. The van der Waals surface area contributed by atoms with Crippen LogP contribution in [-0.2, 0) is 28.2 Å². The number of hydrogen-bond donors (Lipinski definition) is 1. The van der Waals surface area contributed by atoms with E-state index in [0.29, 0.717) is 0 Å². The molecule has 0 unspecified atom stereocenters. The molecule has 0 atom stereocenters. The first-order valence-electron chi connectivity index (χ1n) is 6.86. The Bertz CT molecular complexity index is 886. The van der Waals surface area contributed by atoms with Crippen LogP contribution < -0.4 is 4.74 Å². The molecule has 0 amide bonds. The summed E-state index contributed by atoms with van der Waals surface area (Å²) in [5.74, 6) is -0.731. The summed E-state index contributed by atoms with van der Waals surface area (Å²) in [6.07, 6.45) is 2.30. The van der Waals surface area contributed by atoms with E-state index in [-0.39, 0.29) is 39.8 Å². The van der Waals surface area contributed by atoms with Crippen molar-refractivity contribution in [2.45, 2.75) is 11.5 Å². The molecule has 0 fully saturated rings. The van der Waals surface area contributed by atoms with Gasteiger partial charge in [-0.3, -0.25) is 4.79 Å². The van der Waals surface area contributed by atoms with Crippen LogP contribution in [-0.4, -0.2) is 49.6 Å². The van der Waals surface area contributed by atoms with Crippen molar-refractivity contribution in [1.82, 2.24) is 9.78 Å². The molecule has 1 N–H and O–H groups in total. The highest BCUT2D eigenvalue weighted by atomic mass is 32.2. The number of rotatable bonds is 6. The Morgan fingerprint density at radius 2 is 1.96 bits per heavy atom. The quantitative estimate of drug-likeness (QED) is 0.768. The van der Waals surface area contributed by atoms with Crippen LogP contribution in [0.2, 0.25) is 0 Å². The first-order valence-corrected chi connectivity index (χ1v) is 8.76. The summed E-state index contributed by atoms with van der Waals surface area (Å²) in [5, 5.41) is 13.7. The molecule has 1 heterocycles. The third-order valence-corrected chi connectivity index (χ3v) is 4.69. The van der Waals surface area contributed by atoms with Crippen molar-refractivity contribution in [3.63, 3.8) is 0 Å². The first kappa shape index (κ1) is 18.0. The lowest BCUT2D eigenvalue weighted by Gasteiger charge is -2.15. The van der Waals surface area contributed by atoms with Gasteiger partial charge in [0, 0.05) is 26.0 Å². The van der Waals surface area contributed by atoms with Gasteiger partial charge in [-0.2, -0.15) is 5.10 Å². The molecular weight excluding hydrogens is 336 g/mol. The molecule has 24 heavy (non-hydrogen) atoms. The summed E-state index contributed by atoms with van der Waals surface area (Å²) in [6, 6.07) is 2.68. The number of methoxy groups -OCH3 is 2. The van der Waals surface area contributed by atoms with Crippen molar-refractivity contribution in [2.24, 2.45) is 7.05 Å². The molecule has 0 saturated carbocycles. The van der Waals surface area contributed by atoms with Gasteiger partial charge in [-0.15, -0.1) is 0 Å². The standard InChI is InChI=1S/C15H18N2O6S/c1-17-15(19)10(7-16-17)13(18)9-5-6-12(24(4,20)21)11(8-22-2)14(9)23-3/h5-7,19H,8H2,1-4H3. The summed E-state index contributed by atoms with van der Waals surface area (Å²) in [5.41, 5.74) is 0.350. The zero-order valence-electron chi connectivity index (χ0n) is 13.7. The minimum Gasteiger partial charge on any atom is -0.496 e. The van der Waals surface area contributed by atoms with Gasteiger partial charge in [0.2, 0.25) is 11.7 Å². The molecule has 0 aliphatic carbocycles. The van der Waals surface area contributed by atoms with Crippen LogP contribution in [0.3, 0.4) is 0 Å². The Morgan fingerprint density at radius 1 is 1.29 bits per heavy atom. The lowest BCUT2D eigenvalue weighted by Crippen LogP contribution is -2.11. The number of carbonyl (C=O) groups excluding carboxylic acids is 1. The zero-order valence-corrected chi connectivity index (χ0v) is 14.5. The van der Waals surface area contributed by atoms with E-state index in [0.717, 1.165) is 10.9 Å². The average molecular weight is 354 g/mol. The lowest BCUT2D eigenvalue weighted by molar-refractivity contribution is 0.103. The largest absolute Gasteiger partial charge is 0.496 e. The third kappa shape index (κ3) is 3.13. The summed E-state index contributed by atoms with van der Waals surface area (Å²) in [6.45, 7) is -0.0499. The van der Waals surface area contributed by atoms with E-state index in [4.69, 9.17) is 9.47 Å². The number of aromatic hydroxyl groups is 1. The molecule has 0 saturated heterocycles. The van der Waals surface area contributed by atoms with Crippen LogP contribution in [0, 0.1) is 0 Å². The van der Waals surface area contributed by atoms with Crippen molar-refractivity contribution in [2.75, 3.05) is 20.5 Å². The normalized spacial score (nSPS) is 11.5. The Hall–Kier alpha value is -2.39. The molecule has 2 aromatic rings. The molecule has 8 nitrogen and oxygen atoms in total. The minimum atomic E-state index is -3.54. The number of ether oxygens (including phenoxy) is 2. The predicted molar refractivity (Wildman–Crippen MR) is 85.1 cm³/mol. The molecule has 9 heteroatoms. The molecule has 1 aromatic heterocycles. The summed E-state index contributed by atoms with van der Waals surface area (Å²) in [7, 11) is 0.699. The van der Waals surface area contributed by atoms with E-state index in [1.54, 1.807) is 0 Å². The second kappa shape index (κ2) is 6.62. The number of carbonyl (C=O) groups is 1. The second-order valence-corrected chi connectivity index (χ2v) is 7.15. The number of sulfone groups is 1. The van der Waals surface area contributed by atoms with E-state index in [1.165, 1.54) is 39.6 Å². The Balaban J connectivity index is 2.69. The number of ketones is 1. The van der Waals surface area contributed by atoms with Crippen LogP contribution in [0.25, 0.3) is 0 Å². The summed E-state index contributed by atoms with van der Waals surface area (Å²) >= 11 is 0. The number of aryl methyl sites for hydroxylation is 1. The summed E-state index contributed by atoms with van der Waals surface area (Å²) < 4.78 is 35.4. The van der Waals surface area contributed by atoms with Gasteiger partial charge in [-0.1, -0.05) is 0 Å². The fourth-order valence-electron chi connectivity index (χ4n) is 2.39. The highest BCUT2D eigenvalue weighted by Gasteiger charge is 2.26. The van der Waals surface area contributed by atoms with Gasteiger partial charge < -0.3 is 14.6 Å². The molecule has 0 aliphatic rings. The monoisotopic (exact) mass is 354 g/mol. The zero-order chi connectivity index (χ0) is 18.1. The van der Waals surface area contributed by atoms with Crippen LogP contribution in [0.5, 0.6) is 11.6 Å². The van der Waals surface area contributed by atoms with Crippen molar-refractivity contribution in [3.8, 4) is 11.6 Å². The number of hydrogen-bond acceptors (Lipinski definition) is 7. The van der Waals surface area contributed by atoms with Crippen LogP contribution in [0.4, 0.5) is 0 Å². The fraction of sp³-hybridized carbons (Fsp3) is 0.333. The van der Waals surface area contributed by atoms with Gasteiger partial charge in [0.25, 0.3) is 0 Å². The minimum absolute atomic E-state index is 0.00808. The Kier molecular flexibility index (Phi) is 4.95. The third-order valence-electron chi connectivity index (χ3n) is 3.51. The van der Waals surface area contributed by atoms with Crippen molar-refractivity contribution < 1.29 is 27.8 Å². The van der Waals surface area contributed by atoms with Crippen molar-refractivity contribution >= 4 is 15.6 Å². The molecule has 130 valence electrons. The maximum absolute atomic E-state index is 12.7. The van der Waals surface area contributed by atoms with Gasteiger partial charge in [-0.25, -0.2) is 13.1 Å². The molecule has 0 spiro atoms. The van der Waals surface area contributed by atoms with Crippen molar-refractivity contribution in [1.29, 1.82) is 0 Å². The van der Waals surface area contributed by atoms with E-state index < -0.39 is 15.6 Å². The Morgan fingerprint density at radius 3 is 2.42 bits per heavy atom. The van der Waals surface area contributed by atoms with Gasteiger partial charge >= 0.3 is 0 Å². The molecular formula is C15H18N2O6S. The fourth-order valence-corrected chi connectivity index (χ4v) is 3.30. The van der Waals surface area contributed by atoms with Crippen LogP contribution >= 0.6 is 0 Å². The van der Waals surface area contributed by atoms with E-state index in [2.05, 4.69) is 5.10 Å². The van der Waals surface area contributed by atoms with E-state index >= 15 is 0 Å². The van der Waals surface area contributed by atoms with Crippen LogP contribution in [0.15, 0.2) is 23.2 Å². The highest BCUT2D eigenvalue weighted by Crippen LogP contribution is 2.33. The summed E-state index contributed by atoms with van der Waals surface area (Å²) in [4.78, 5) is 12.7. The van der Waals surface area contributed by atoms with Gasteiger partial charge in [0.05, 0.1) is 30.4 Å². The van der Waals surface area contributed by atoms with Gasteiger partial charge in [-0.05, 0) is 12.1 Å². The van der Waals surface area contributed by atoms with E-state index in [9.17, 15) is 18.3 Å². The smallest absolute Gasteiger partial charge is 0.220 e. The first-order chi connectivity index (χ1) is 11.2. The maximum atomic E-state index is 12.7. The molecule has 0 bridgehead atoms. The number of nitrogens with zero attached hydrogens (tertiary/aromatic N) is 2. The molecule has 1 aromatic carbocycles. The SMILES string of the molecule is COCc1c(S(C)(=O)=O)ccc(C(=O)c2cnn(C)c2O)c1OC. The second-order valence-electron chi connectivity index (χ2n) is 5.16. The topological polar surface area (TPSA) is 108 Å². The predicted octanol–water partition coefficient (Wildman–Crippen LogP) is 0.915. The number of aromatic nitrogens is 2. The van der Waals surface area contributed by atoms with Gasteiger partial charge in [0.1, 0.15) is 11.3 Å². The average Bonchev–Trinajstić information content (AvgIpc) is 2.85. The van der Waals surface area contributed by atoms with Crippen LogP contribution in [0.1, 0.15) is 21.5 Å². The maximum Gasteiger partial charge on any atom is 0.220 e. The van der Waals surface area contributed by atoms with E-state index in [1.807, 2.05) is 0 Å². The number of benzene rings is 1. The molecule has 0 radical (unpaired) electrons. The highest BCUT2D eigenvalue weighted by molar-refractivity contribution is 7.90. The molecule has 2 rings (SSSR count).